The number of sulfonamides is 1. The Morgan fingerprint density at radius 3 is 2.54 bits per heavy atom. The third kappa shape index (κ3) is 3.48. The summed E-state index contributed by atoms with van der Waals surface area (Å²) in [6, 6.07) is 16.6. The standard InChI is InChI=1S/C20H15BrN2O4S/c1-12-6-8-18-16(10-12)22-20(24)14-11-13(7-9-17(14)27-18)23-28(25,26)19-5-3-2-4-15(19)21/h2-11,23H,1H3,(H,22,24). The number of hydrogen-bond acceptors (Lipinski definition) is 4. The highest BCUT2D eigenvalue weighted by Crippen LogP contribution is 2.37. The second-order valence-corrected chi connectivity index (χ2v) is 8.81. The smallest absolute Gasteiger partial charge is 0.263 e. The van der Waals surface area contributed by atoms with E-state index < -0.39 is 10.0 Å². The Balaban J connectivity index is 1.69. The van der Waals surface area contributed by atoms with Crippen LogP contribution in [0.3, 0.4) is 0 Å². The fourth-order valence-corrected chi connectivity index (χ4v) is 4.93. The van der Waals surface area contributed by atoms with Crippen LogP contribution in [0.5, 0.6) is 11.5 Å². The van der Waals surface area contributed by atoms with E-state index in [0.29, 0.717) is 21.7 Å². The molecule has 0 atom stereocenters. The molecule has 1 amide bonds. The molecule has 1 aliphatic rings. The highest BCUT2D eigenvalue weighted by Gasteiger charge is 2.23. The molecule has 0 aliphatic carbocycles. The number of aryl methyl sites for hydroxylation is 1. The summed E-state index contributed by atoms with van der Waals surface area (Å²) < 4.78 is 34.2. The molecule has 4 rings (SSSR count). The number of halogens is 1. The van der Waals surface area contributed by atoms with Gasteiger partial charge in [-0.1, -0.05) is 18.2 Å². The first-order valence-electron chi connectivity index (χ1n) is 8.35. The quantitative estimate of drug-likeness (QED) is 0.583. The van der Waals surface area contributed by atoms with Gasteiger partial charge in [-0.2, -0.15) is 0 Å². The maximum absolute atomic E-state index is 12.7. The molecule has 0 saturated carbocycles. The summed E-state index contributed by atoms with van der Waals surface area (Å²) in [6.07, 6.45) is 0. The Bertz CT molecular complexity index is 1210. The minimum atomic E-state index is -3.83. The summed E-state index contributed by atoms with van der Waals surface area (Å²) in [7, 11) is -3.83. The van der Waals surface area contributed by atoms with Gasteiger partial charge in [-0.25, -0.2) is 8.42 Å². The molecule has 2 N–H and O–H groups in total. The van der Waals surface area contributed by atoms with Crippen LogP contribution in [-0.2, 0) is 10.0 Å². The zero-order valence-electron chi connectivity index (χ0n) is 14.7. The van der Waals surface area contributed by atoms with Crippen LogP contribution in [0.1, 0.15) is 15.9 Å². The van der Waals surface area contributed by atoms with Crippen LogP contribution in [0.15, 0.2) is 70.0 Å². The van der Waals surface area contributed by atoms with Gasteiger partial charge in [0, 0.05) is 10.2 Å². The SMILES string of the molecule is Cc1ccc2c(c1)NC(=O)c1cc(NS(=O)(=O)c3ccccc3Br)ccc1O2. The monoisotopic (exact) mass is 458 g/mol. The molecule has 0 radical (unpaired) electrons. The second-order valence-electron chi connectivity index (χ2n) is 6.30. The number of benzene rings is 3. The van der Waals surface area contributed by atoms with Crippen LogP contribution < -0.4 is 14.8 Å². The molecule has 3 aromatic carbocycles. The fourth-order valence-electron chi connectivity index (χ4n) is 2.87. The summed E-state index contributed by atoms with van der Waals surface area (Å²) in [6.45, 7) is 1.92. The van der Waals surface area contributed by atoms with Gasteiger partial charge in [-0.15, -0.1) is 0 Å². The highest BCUT2D eigenvalue weighted by molar-refractivity contribution is 9.10. The molecule has 0 saturated heterocycles. The summed E-state index contributed by atoms with van der Waals surface area (Å²) in [4.78, 5) is 12.8. The van der Waals surface area contributed by atoms with Gasteiger partial charge in [-0.3, -0.25) is 9.52 Å². The number of nitrogens with one attached hydrogen (secondary N) is 2. The largest absolute Gasteiger partial charge is 0.454 e. The van der Waals surface area contributed by atoms with Gasteiger partial charge in [0.05, 0.1) is 11.3 Å². The number of carbonyl (C=O) groups excluding carboxylic acids is 1. The van der Waals surface area contributed by atoms with E-state index in [1.54, 1.807) is 36.4 Å². The van der Waals surface area contributed by atoms with E-state index in [9.17, 15) is 13.2 Å². The number of anilines is 2. The van der Waals surface area contributed by atoms with Gasteiger partial charge in [0.1, 0.15) is 10.6 Å². The Kier molecular flexibility index (Phi) is 4.60. The lowest BCUT2D eigenvalue weighted by Crippen LogP contribution is -2.15. The molecule has 0 spiro atoms. The molecule has 142 valence electrons. The number of fused-ring (bicyclic) bond motifs is 2. The van der Waals surface area contributed by atoms with Crippen molar-refractivity contribution in [1.29, 1.82) is 0 Å². The van der Waals surface area contributed by atoms with Crippen LogP contribution in [0.25, 0.3) is 0 Å². The van der Waals surface area contributed by atoms with Crippen LogP contribution in [0.4, 0.5) is 11.4 Å². The third-order valence-electron chi connectivity index (χ3n) is 4.21. The first-order chi connectivity index (χ1) is 13.3. The van der Waals surface area contributed by atoms with E-state index in [4.69, 9.17) is 4.74 Å². The first kappa shape index (κ1) is 18.5. The van der Waals surface area contributed by atoms with Crippen molar-refractivity contribution in [3.05, 3.63) is 76.3 Å². The predicted molar refractivity (Wildman–Crippen MR) is 111 cm³/mol. The van der Waals surface area contributed by atoms with Gasteiger partial charge in [0.25, 0.3) is 15.9 Å². The molecular formula is C20H15BrN2O4S. The average Bonchev–Trinajstić information content (AvgIpc) is 2.77. The average molecular weight is 459 g/mol. The highest BCUT2D eigenvalue weighted by atomic mass is 79.9. The first-order valence-corrected chi connectivity index (χ1v) is 10.6. The minimum absolute atomic E-state index is 0.105. The molecule has 28 heavy (non-hydrogen) atoms. The van der Waals surface area contributed by atoms with Crippen molar-refractivity contribution in [3.8, 4) is 11.5 Å². The summed E-state index contributed by atoms with van der Waals surface area (Å²) >= 11 is 3.24. The lowest BCUT2D eigenvalue weighted by atomic mass is 10.1. The third-order valence-corrected chi connectivity index (χ3v) is 6.60. The van der Waals surface area contributed by atoms with E-state index in [2.05, 4.69) is 26.0 Å². The Morgan fingerprint density at radius 1 is 1.00 bits per heavy atom. The van der Waals surface area contributed by atoms with Crippen molar-refractivity contribution in [2.24, 2.45) is 0 Å². The van der Waals surface area contributed by atoms with Crippen LogP contribution >= 0.6 is 15.9 Å². The predicted octanol–water partition coefficient (Wildman–Crippen LogP) is 4.92. The second kappa shape index (κ2) is 6.96. The van der Waals surface area contributed by atoms with Gasteiger partial charge in [0.15, 0.2) is 5.75 Å². The van der Waals surface area contributed by atoms with Crippen molar-refractivity contribution in [3.63, 3.8) is 0 Å². The molecule has 0 bridgehead atoms. The summed E-state index contributed by atoms with van der Waals surface area (Å²) in [5, 5.41) is 2.80. The lowest BCUT2D eigenvalue weighted by Gasteiger charge is -2.12. The molecule has 1 aliphatic heterocycles. The van der Waals surface area contributed by atoms with Crippen molar-refractivity contribution in [2.75, 3.05) is 10.0 Å². The van der Waals surface area contributed by atoms with Crippen LogP contribution in [-0.4, -0.2) is 14.3 Å². The minimum Gasteiger partial charge on any atom is -0.454 e. The van der Waals surface area contributed by atoms with E-state index in [1.165, 1.54) is 12.1 Å². The number of carbonyl (C=O) groups is 1. The zero-order valence-corrected chi connectivity index (χ0v) is 17.1. The molecule has 3 aromatic rings. The van der Waals surface area contributed by atoms with E-state index >= 15 is 0 Å². The van der Waals surface area contributed by atoms with Crippen LogP contribution in [0.2, 0.25) is 0 Å². The number of ether oxygens (including phenoxy) is 1. The lowest BCUT2D eigenvalue weighted by molar-refractivity contribution is 0.102. The van der Waals surface area contributed by atoms with Crippen molar-refractivity contribution in [2.45, 2.75) is 11.8 Å². The molecule has 0 fully saturated rings. The topological polar surface area (TPSA) is 84.5 Å². The number of hydrogen-bond donors (Lipinski definition) is 2. The molecule has 0 unspecified atom stereocenters. The molecular weight excluding hydrogens is 444 g/mol. The van der Waals surface area contributed by atoms with Gasteiger partial charge in [0.2, 0.25) is 0 Å². The van der Waals surface area contributed by atoms with E-state index in [0.717, 1.165) is 5.56 Å². The Labute approximate surface area is 170 Å². The fraction of sp³-hybridized carbons (Fsp3) is 0.0500. The number of rotatable bonds is 3. The normalized spacial score (nSPS) is 12.9. The van der Waals surface area contributed by atoms with Gasteiger partial charge < -0.3 is 10.1 Å². The molecule has 1 heterocycles. The summed E-state index contributed by atoms with van der Waals surface area (Å²) in [5.41, 5.74) is 2.05. The van der Waals surface area contributed by atoms with Gasteiger partial charge >= 0.3 is 0 Å². The summed E-state index contributed by atoms with van der Waals surface area (Å²) in [5.74, 6) is 0.504. The molecule has 6 nitrogen and oxygen atoms in total. The van der Waals surface area contributed by atoms with Crippen LogP contribution in [0, 0.1) is 6.92 Å². The van der Waals surface area contributed by atoms with Gasteiger partial charge in [-0.05, 0) is 70.9 Å². The van der Waals surface area contributed by atoms with Crippen molar-refractivity contribution >= 4 is 43.2 Å². The zero-order chi connectivity index (χ0) is 19.9. The molecule has 0 aromatic heterocycles. The molecule has 8 heteroatoms. The van der Waals surface area contributed by atoms with Crippen molar-refractivity contribution < 1.29 is 17.9 Å². The van der Waals surface area contributed by atoms with E-state index in [1.807, 2.05) is 19.1 Å². The van der Waals surface area contributed by atoms with Crippen molar-refractivity contribution in [1.82, 2.24) is 0 Å². The maximum atomic E-state index is 12.7. The van der Waals surface area contributed by atoms with E-state index in [-0.39, 0.29) is 22.1 Å². The number of amides is 1. The maximum Gasteiger partial charge on any atom is 0.263 e. The Morgan fingerprint density at radius 2 is 1.75 bits per heavy atom. The Hall–Kier alpha value is -2.84.